The van der Waals surface area contributed by atoms with Gasteiger partial charge < -0.3 is 5.11 Å². The SMILES string of the molecule is C=C[C@]1(C)CC[C@@H](C(=C)CN(CCO)C(C)C)C[C@H]1C(=C)CCl. The number of halogens is 1. The zero-order valence-corrected chi connectivity index (χ0v) is 15.9. The molecular formula is C20H34ClNO. The van der Waals surface area contributed by atoms with Gasteiger partial charge in [0.05, 0.1) is 6.61 Å². The van der Waals surface area contributed by atoms with Crippen molar-refractivity contribution in [2.75, 3.05) is 25.6 Å². The van der Waals surface area contributed by atoms with Crippen molar-refractivity contribution in [3.05, 3.63) is 37.0 Å². The third-order valence-corrected chi connectivity index (χ3v) is 5.92. The summed E-state index contributed by atoms with van der Waals surface area (Å²) in [5.74, 6) is 1.38. The van der Waals surface area contributed by atoms with Gasteiger partial charge in [0.1, 0.15) is 0 Å². The second-order valence-corrected chi connectivity index (χ2v) is 7.74. The summed E-state index contributed by atoms with van der Waals surface area (Å²) >= 11 is 6.07. The van der Waals surface area contributed by atoms with Crippen molar-refractivity contribution < 1.29 is 5.11 Å². The zero-order chi connectivity index (χ0) is 17.6. The van der Waals surface area contributed by atoms with Gasteiger partial charge in [-0.05, 0) is 50.4 Å². The van der Waals surface area contributed by atoms with Gasteiger partial charge in [-0.3, -0.25) is 4.90 Å². The van der Waals surface area contributed by atoms with Gasteiger partial charge in [0.15, 0.2) is 0 Å². The highest BCUT2D eigenvalue weighted by molar-refractivity contribution is 6.19. The molecule has 0 spiro atoms. The standard InChI is InChI=1S/C20H34ClNO/c1-7-20(6)9-8-18(12-19(20)16(4)13-21)17(5)14-22(10-11-23)15(2)3/h7,15,18-19,23H,1,4-5,8-14H2,2-3,6H3/t18-,19+,20-/m1/s1. The zero-order valence-electron chi connectivity index (χ0n) is 15.2. The monoisotopic (exact) mass is 339 g/mol. The van der Waals surface area contributed by atoms with E-state index >= 15 is 0 Å². The maximum atomic E-state index is 9.25. The molecule has 1 saturated carbocycles. The summed E-state index contributed by atoms with van der Waals surface area (Å²) < 4.78 is 0. The van der Waals surface area contributed by atoms with E-state index in [1.165, 1.54) is 5.57 Å². The van der Waals surface area contributed by atoms with Crippen LogP contribution in [0.3, 0.4) is 0 Å². The quantitative estimate of drug-likeness (QED) is 0.488. The van der Waals surface area contributed by atoms with E-state index in [2.05, 4.69) is 51.5 Å². The van der Waals surface area contributed by atoms with Gasteiger partial charge in [-0.2, -0.15) is 0 Å². The Kier molecular flexibility index (Phi) is 8.06. The number of alkyl halides is 1. The topological polar surface area (TPSA) is 23.5 Å². The lowest BCUT2D eigenvalue weighted by molar-refractivity contribution is 0.148. The average Bonchev–Trinajstić information content (AvgIpc) is 2.53. The molecule has 0 aromatic carbocycles. The number of aliphatic hydroxyl groups excluding tert-OH is 1. The summed E-state index contributed by atoms with van der Waals surface area (Å²) in [7, 11) is 0. The number of hydrogen-bond donors (Lipinski definition) is 1. The van der Waals surface area contributed by atoms with Crippen molar-refractivity contribution >= 4 is 11.6 Å². The maximum absolute atomic E-state index is 9.25. The first-order valence-electron chi connectivity index (χ1n) is 8.68. The van der Waals surface area contributed by atoms with E-state index in [0.29, 0.717) is 30.3 Å². The molecule has 2 nitrogen and oxygen atoms in total. The van der Waals surface area contributed by atoms with Gasteiger partial charge in [0.2, 0.25) is 0 Å². The third kappa shape index (κ3) is 5.20. The highest BCUT2D eigenvalue weighted by atomic mass is 35.5. The average molecular weight is 340 g/mol. The van der Waals surface area contributed by atoms with Crippen LogP contribution >= 0.6 is 11.6 Å². The Balaban J connectivity index is 2.80. The molecule has 3 heteroatoms. The van der Waals surface area contributed by atoms with Crippen molar-refractivity contribution in [2.24, 2.45) is 17.3 Å². The lowest BCUT2D eigenvalue weighted by Crippen LogP contribution is -2.39. The third-order valence-electron chi connectivity index (χ3n) is 5.58. The van der Waals surface area contributed by atoms with E-state index < -0.39 is 0 Å². The molecule has 23 heavy (non-hydrogen) atoms. The van der Waals surface area contributed by atoms with Gasteiger partial charge in [-0.15, -0.1) is 18.2 Å². The van der Waals surface area contributed by atoms with Gasteiger partial charge in [-0.1, -0.05) is 37.3 Å². The summed E-state index contributed by atoms with van der Waals surface area (Å²) in [5.41, 5.74) is 2.47. The van der Waals surface area contributed by atoms with Gasteiger partial charge in [-0.25, -0.2) is 0 Å². The number of allylic oxidation sites excluding steroid dienone is 2. The Morgan fingerprint density at radius 1 is 1.39 bits per heavy atom. The highest BCUT2D eigenvalue weighted by Crippen LogP contribution is 2.49. The minimum atomic E-state index is 0.0889. The van der Waals surface area contributed by atoms with E-state index in [9.17, 15) is 5.11 Å². The van der Waals surface area contributed by atoms with Crippen LogP contribution in [0.4, 0.5) is 0 Å². The van der Waals surface area contributed by atoms with Crippen molar-refractivity contribution in [2.45, 2.75) is 46.1 Å². The second-order valence-electron chi connectivity index (χ2n) is 7.47. The molecule has 0 saturated heterocycles. The first kappa shape index (κ1) is 20.5. The van der Waals surface area contributed by atoms with Crippen LogP contribution in [0.2, 0.25) is 0 Å². The van der Waals surface area contributed by atoms with Crippen molar-refractivity contribution in [1.82, 2.24) is 4.90 Å². The van der Waals surface area contributed by atoms with Crippen LogP contribution in [0, 0.1) is 17.3 Å². The van der Waals surface area contributed by atoms with Gasteiger partial charge in [0, 0.05) is 25.0 Å². The molecule has 0 aliphatic heterocycles. The minimum Gasteiger partial charge on any atom is -0.395 e. The van der Waals surface area contributed by atoms with Crippen LogP contribution in [0.5, 0.6) is 0 Å². The summed E-state index contributed by atoms with van der Waals surface area (Å²) in [4.78, 5) is 2.29. The summed E-state index contributed by atoms with van der Waals surface area (Å²) in [6, 6.07) is 0.412. The molecule has 0 unspecified atom stereocenters. The number of aliphatic hydroxyl groups is 1. The van der Waals surface area contributed by atoms with Crippen molar-refractivity contribution in [3.63, 3.8) is 0 Å². The lowest BCUT2D eigenvalue weighted by Gasteiger charge is -2.44. The fourth-order valence-electron chi connectivity index (χ4n) is 3.71. The molecule has 132 valence electrons. The Bertz CT molecular complexity index is 431. The molecule has 3 atom stereocenters. The Morgan fingerprint density at radius 2 is 2.04 bits per heavy atom. The fraction of sp³-hybridized carbons (Fsp3) is 0.700. The van der Waals surface area contributed by atoms with E-state index in [-0.39, 0.29) is 12.0 Å². The Hall–Kier alpha value is -0.570. The molecule has 0 heterocycles. The van der Waals surface area contributed by atoms with E-state index in [0.717, 1.165) is 31.4 Å². The molecule has 0 aromatic heterocycles. The van der Waals surface area contributed by atoms with Crippen LogP contribution in [-0.4, -0.2) is 41.6 Å². The molecule has 0 bridgehead atoms. The maximum Gasteiger partial charge on any atom is 0.0558 e. The molecule has 1 fully saturated rings. The first-order chi connectivity index (χ1) is 10.8. The normalized spacial score (nSPS) is 28.1. The molecular weight excluding hydrogens is 306 g/mol. The van der Waals surface area contributed by atoms with E-state index in [4.69, 9.17) is 11.6 Å². The largest absolute Gasteiger partial charge is 0.395 e. The highest BCUT2D eigenvalue weighted by Gasteiger charge is 2.39. The molecule has 0 amide bonds. The van der Waals surface area contributed by atoms with Crippen LogP contribution in [0.1, 0.15) is 40.0 Å². The number of nitrogens with zero attached hydrogens (tertiary/aromatic N) is 1. The Labute approximate surface area is 147 Å². The first-order valence-corrected chi connectivity index (χ1v) is 9.22. The van der Waals surface area contributed by atoms with Gasteiger partial charge in [0.25, 0.3) is 0 Å². The van der Waals surface area contributed by atoms with Crippen molar-refractivity contribution in [3.8, 4) is 0 Å². The molecule has 1 rings (SSSR count). The van der Waals surface area contributed by atoms with E-state index in [1.807, 2.05) is 0 Å². The number of rotatable bonds is 9. The number of hydrogen-bond acceptors (Lipinski definition) is 2. The predicted molar refractivity (Wildman–Crippen MR) is 102 cm³/mol. The van der Waals surface area contributed by atoms with Crippen LogP contribution < -0.4 is 0 Å². The molecule has 0 aromatic rings. The predicted octanol–water partition coefficient (Wildman–Crippen LogP) is 4.65. The minimum absolute atomic E-state index is 0.0889. The Morgan fingerprint density at radius 3 is 2.52 bits per heavy atom. The van der Waals surface area contributed by atoms with Crippen LogP contribution in [0.15, 0.2) is 37.0 Å². The summed E-state index contributed by atoms with van der Waals surface area (Å²) in [5, 5.41) is 9.25. The fourth-order valence-corrected chi connectivity index (χ4v) is 3.90. The molecule has 1 aliphatic rings. The molecule has 1 N–H and O–H groups in total. The smallest absolute Gasteiger partial charge is 0.0558 e. The van der Waals surface area contributed by atoms with Gasteiger partial charge >= 0.3 is 0 Å². The van der Waals surface area contributed by atoms with E-state index in [1.54, 1.807) is 0 Å². The molecule has 0 radical (unpaired) electrons. The van der Waals surface area contributed by atoms with Crippen LogP contribution in [0.25, 0.3) is 0 Å². The summed E-state index contributed by atoms with van der Waals surface area (Å²) in [6.45, 7) is 21.0. The summed E-state index contributed by atoms with van der Waals surface area (Å²) in [6.07, 6.45) is 5.37. The lowest BCUT2D eigenvalue weighted by atomic mass is 9.61. The van der Waals surface area contributed by atoms with Crippen molar-refractivity contribution in [1.29, 1.82) is 0 Å². The second kappa shape index (κ2) is 9.05. The van der Waals surface area contributed by atoms with Crippen LogP contribution in [-0.2, 0) is 0 Å². The molecule has 1 aliphatic carbocycles.